The molecule has 2 heterocycles. The average Bonchev–Trinajstić information content (AvgIpc) is 2.97. The maximum atomic E-state index is 5.91. The first kappa shape index (κ1) is 17.6. The summed E-state index contributed by atoms with van der Waals surface area (Å²) in [6.07, 6.45) is 1.05. The molecule has 0 bridgehead atoms. The van der Waals surface area contributed by atoms with Crippen molar-refractivity contribution in [3.05, 3.63) is 21.3 Å². The number of hydrogen-bond acceptors (Lipinski definition) is 5. The normalized spacial score (nSPS) is 16.5. The van der Waals surface area contributed by atoms with Crippen LogP contribution in [-0.4, -0.2) is 55.1 Å². The van der Waals surface area contributed by atoms with E-state index >= 15 is 0 Å². The molecule has 1 aromatic heterocycles. The second kappa shape index (κ2) is 9.42. The molecule has 0 saturated carbocycles. The SMILES string of the molecule is C/C(=N\NC(=S)NCCCN1CCOCC1)c1ccc(Cl)s1. The van der Waals surface area contributed by atoms with Gasteiger partial charge in [0.1, 0.15) is 0 Å². The second-order valence-electron chi connectivity index (χ2n) is 4.98. The van der Waals surface area contributed by atoms with Crippen LogP contribution in [0.25, 0.3) is 0 Å². The summed E-state index contributed by atoms with van der Waals surface area (Å²) in [6, 6.07) is 3.81. The summed E-state index contributed by atoms with van der Waals surface area (Å²) < 4.78 is 6.08. The zero-order chi connectivity index (χ0) is 15.8. The summed E-state index contributed by atoms with van der Waals surface area (Å²) >= 11 is 12.6. The Morgan fingerprint density at radius 2 is 2.23 bits per heavy atom. The van der Waals surface area contributed by atoms with Crippen molar-refractivity contribution in [1.29, 1.82) is 0 Å². The minimum absolute atomic E-state index is 0.545. The van der Waals surface area contributed by atoms with E-state index in [1.54, 1.807) is 0 Å². The van der Waals surface area contributed by atoms with Gasteiger partial charge in [-0.2, -0.15) is 5.10 Å². The van der Waals surface area contributed by atoms with E-state index in [0.29, 0.717) is 5.11 Å². The number of thiocarbonyl (C=S) groups is 1. The van der Waals surface area contributed by atoms with Crippen LogP contribution in [0.3, 0.4) is 0 Å². The van der Waals surface area contributed by atoms with Crippen molar-refractivity contribution in [2.45, 2.75) is 13.3 Å². The Labute approximate surface area is 145 Å². The first-order valence-electron chi connectivity index (χ1n) is 7.29. The van der Waals surface area contributed by atoms with Gasteiger partial charge in [0.05, 0.1) is 28.1 Å². The molecule has 122 valence electrons. The highest BCUT2D eigenvalue weighted by molar-refractivity contribution is 7.80. The summed E-state index contributed by atoms with van der Waals surface area (Å²) in [6.45, 7) is 7.56. The predicted octanol–water partition coefficient (Wildman–Crippen LogP) is 2.31. The Balaban J connectivity index is 1.61. The van der Waals surface area contributed by atoms with Crippen LogP contribution in [0.1, 0.15) is 18.2 Å². The molecule has 2 N–H and O–H groups in total. The lowest BCUT2D eigenvalue weighted by atomic mass is 10.3. The molecular formula is C14H21ClN4OS2. The minimum atomic E-state index is 0.545. The lowest BCUT2D eigenvalue weighted by Crippen LogP contribution is -2.39. The van der Waals surface area contributed by atoms with Gasteiger partial charge in [-0.1, -0.05) is 11.6 Å². The van der Waals surface area contributed by atoms with Gasteiger partial charge >= 0.3 is 0 Å². The largest absolute Gasteiger partial charge is 0.379 e. The summed E-state index contributed by atoms with van der Waals surface area (Å²) in [4.78, 5) is 3.44. The molecule has 0 radical (unpaired) electrons. The molecule has 1 saturated heterocycles. The quantitative estimate of drug-likeness (QED) is 0.353. The highest BCUT2D eigenvalue weighted by Gasteiger charge is 2.09. The number of nitrogens with one attached hydrogen (secondary N) is 2. The summed E-state index contributed by atoms with van der Waals surface area (Å²) in [5.41, 5.74) is 3.74. The first-order chi connectivity index (χ1) is 10.6. The van der Waals surface area contributed by atoms with Crippen molar-refractivity contribution in [2.75, 3.05) is 39.4 Å². The van der Waals surface area contributed by atoms with Crippen LogP contribution in [0.15, 0.2) is 17.2 Å². The van der Waals surface area contributed by atoms with Gasteiger partial charge in [-0.25, -0.2) is 0 Å². The minimum Gasteiger partial charge on any atom is -0.379 e. The fourth-order valence-electron chi connectivity index (χ4n) is 2.07. The van der Waals surface area contributed by atoms with Crippen LogP contribution in [0.4, 0.5) is 0 Å². The third kappa shape index (κ3) is 6.18. The van der Waals surface area contributed by atoms with Crippen LogP contribution in [0.2, 0.25) is 4.34 Å². The topological polar surface area (TPSA) is 48.9 Å². The number of morpholine rings is 1. The average molecular weight is 361 g/mol. The Morgan fingerprint density at radius 3 is 2.91 bits per heavy atom. The molecule has 0 spiro atoms. The predicted molar refractivity (Wildman–Crippen MR) is 97.2 cm³/mol. The van der Waals surface area contributed by atoms with E-state index in [4.69, 9.17) is 28.6 Å². The fourth-order valence-corrected chi connectivity index (χ4v) is 3.20. The molecule has 1 aromatic rings. The maximum Gasteiger partial charge on any atom is 0.186 e. The number of thiophene rings is 1. The molecule has 0 atom stereocenters. The molecular weight excluding hydrogens is 340 g/mol. The zero-order valence-corrected chi connectivity index (χ0v) is 15.0. The highest BCUT2D eigenvalue weighted by Crippen LogP contribution is 2.21. The van der Waals surface area contributed by atoms with Gasteiger partial charge in [-0.15, -0.1) is 11.3 Å². The van der Waals surface area contributed by atoms with E-state index in [-0.39, 0.29) is 0 Å². The van der Waals surface area contributed by atoms with Crippen LogP contribution in [-0.2, 0) is 4.74 Å². The van der Waals surface area contributed by atoms with Gasteiger partial charge in [-0.05, 0) is 44.2 Å². The van der Waals surface area contributed by atoms with E-state index in [9.17, 15) is 0 Å². The van der Waals surface area contributed by atoms with Crippen molar-refractivity contribution < 1.29 is 4.74 Å². The number of hydrazone groups is 1. The standard InChI is InChI=1S/C14H21ClN4OS2/c1-11(12-3-4-13(15)22-12)17-18-14(21)16-5-2-6-19-7-9-20-10-8-19/h3-4H,2,5-10H2,1H3,(H2,16,18,21)/b17-11+. The van der Waals surface area contributed by atoms with Gasteiger partial charge in [-0.3, -0.25) is 10.3 Å². The number of nitrogens with zero attached hydrogens (tertiary/aromatic N) is 2. The van der Waals surface area contributed by atoms with Crippen molar-refractivity contribution in [3.8, 4) is 0 Å². The van der Waals surface area contributed by atoms with Crippen LogP contribution >= 0.6 is 35.2 Å². The van der Waals surface area contributed by atoms with E-state index < -0.39 is 0 Å². The van der Waals surface area contributed by atoms with Crippen molar-refractivity contribution in [3.63, 3.8) is 0 Å². The summed E-state index contributed by atoms with van der Waals surface area (Å²) in [5, 5.41) is 7.98. The molecule has 0 amide bonds. The fraction of sp³-hybridized carbons (Fsp3) is 0.571. The molecule has 1 aliphatic rings. The third-order valence-corrected chi connectivity index (χ3v) is 4.87. The number of rotatable bonds is 6. The van der Waals surface area contributed by atoms with Crippen LogP contribution in [0, 0.1) is 0 Å². The number of ether oxygens (including phenoxy) is 1. The Kier molecular flexibility index (Phi) is 7.54. The van der Waals surface area contributed by atoms with Crippen LogP contribution < -0.4 is 10.7 Å². The van der Waals surface area contributed by atoms with Crippen LogP contribution in [0.5, 0.6) is 0 Å². The molecule has 2 rings (SSSR count). The van der Waals surface area contributed by atoms with Gasteiger partial charge < -0.3 is 10.1 Å². The smallest absolute Gasteiger partial charge is 0.186 e. The van der Waals surface area contributed by atoms with Crippen molar-refractivity contribution in [2.24, 2.45) is 5.10 Å². The Bertz CT molecular complexity index is 515. The zero-order valence-electron chi connectivity index (χ0n) is 12.6. The second-order valence-corrected chi connectivity index (χ2v) is 7.10. The molecule has 0 unspecified atom stereocenters. The molecule has 0 aliphatic carbocycles. The third-order valence-electron chi connectivity index (χ3n) is 3.30. The van der Waals surface area contributed by atoms with Gasteiger partial charge in [0, 0.05) is 19.6 Å². The van der Waals surface area contributed by atoms with Gasteiger partial charge in [0.15, 0.2) is 5.11 Å². The summed E-state index contributed by atoms with van der Waals surface area (Å²) in [7, 11) is 0. The number of halogens is 1. The molecule has 0 aromatic carbocycles. The molecule has 5 nitrogen and oxygen atoms in total. The molecule has 1 aliphatic heterocycles. The van der Waals surface area contributed by atoms with E-state index in [1.807, 2.05) is 19.1 Å². The molecule has 8 heteroatoms. The van der Waals surface area contributed by atoms with E-state index in [2.05, 4.69) is 20.7 Å². The Hall–Kier alpha value is -0.730. The highest BCUT2D eigenvalue weighted by atomic mass is 35.5. The monoisotopic (exact) mass is 360 g/mol. The number of hydrogen-bond donors (Lipinski definition) is 2. The maximum absolute atomic E-state index is 5.91. The van der Waals surface area contributed by atoms with Gasteiger partial charge in [0.2, 0.25) is 0 Å². The van der Waals surface area contributed by atoms with Crippen molar-refractivity contribution >= 4 is 46.0 Å². The lowest BCUT2D eigenvalue weighted by molar-refractivity contribution is 0.0376. The van der Waals surface area contributed by atoms with Gasteiger partial charge in [0.25, 0.3) is 0 Å². The molecule has 1 fully saturated rings. The summed E-state index contributed by atoms with van der Waals surface area (Å²) in [5.74, 6) is 0. The Morgan fingerprint density at radius 1 is 1.45 bits per heavy atom. The van der Waals surface area contributed by atoms with Crippen molar-refractivity contribution in [1.82, 2.24) is 15.6 Å². The van der Waals surface area contributed by atoms with E-state index in [0.717, 1.165) is 60.7 Å². The first-order valence-corrected chi connectivity index (χ1v) is 8.89. The van der Waals surface area contributed by atoms with E-state index in [1.165, 1.54) is 11.3 Å². The molecule has 22 heavy (non-hydrogen) atoms. The lowest BCUT2D eigenvalue weighted by Gasteiger charge is -2.26.